The van der Waals surface area contributed by atoms with Crippen LogP contribution in [0.1, 0.15) is 27.0 Å². The van der Waals surface area contributed by atoms with Crippen LogP contribution in [0.4, 0.5) is 25.1 Å². The number of nitrogen functional groups attached to an aromatic ring is 1. The van der Waals surface area contributed by atoms with Gasteiger partial charge in [0.2, 0.25) is 0 Å². The van der Waals surface area contributed by atoms with E-state index in [-0.39, 0.29) is 48.2 Å². The zero-order valence-corrected chi connectivity index (χ0v) is 20.8. The number of carbonyl (C=O) groups excluding carboxylic acids is 2. The first-order chi connectivity index (χ1) is 18.8. The van der Waals surface area contributed by atoms with Crippen molar-refractivity contribution < 1.29 is 27.8 Å². The number of amides is 1. The number of ketones is 1. The molecule has 3 aromatic carbocycles. The van der Waals surface area contributed by atoms with Gasteiger partial charge in [-0.15, -0.1) is 0 Å². The lowest BCUT2D eigenvalue weighted by Crippen LogP contribution is -2.24. The van der Waals surface area contributed by atoms with E-state index in [9.17, 15) is 18.4 Å². The van der Waals surface area contributed by atoms with Gasteiger partial charge in [-0.3, -0.25) is 9.69 Å². The van der Waals surface area contributed by atoms with E-state index in [1.807, 2.05) is 6.92 Å². The Morgan fingerprint density at radius 2 is 1.90 bits per heavy atom. The van der Waals surface area contributed by atoms with Crippen molar-refractivity contribution in [3.8, 4) is 17.2 Å². The molecule has 2 heterocycles. The third-order valence-electron chi connectivity index (χ3n) is 6.77. The maximum atomic E-state index is 14.8. The zero-order valence-electron chi connectivity index (χ0n) is 20.8. The lowest BCUT2D eigenvalue weighted by atomic mass is 10.0. The second-order valence-electron chi connectivity index (χ2n) is 9.28. The van der Waals surface area contributed by atoms with Gasteiger partial charge in [0.05, 0.1) is 29.7 Å². The number of nitrogens with zero attached hydrogens (tertiary/aromatic N) is 3. The molecule has 4 aromatic rings. The fraction of sp³-hybridized carbons (Fsp3) is 0.138. The first-order valence-corrected chi connectivity index (χ1v) is 12.2. The van der Waals surface area contributed by atoms with Crippen LogP contribution in [-0.4, -0.2) is 34.8 Å². The standard InChI is InChI=1S/C29H22F2N4O4/c1-16-10-20(39-26-5-3-2-4-22(26)30)6-7-24(16)35-28(32)21(15-33-35)27(36)19-11-17-13-23(31)25(14-18(17)12-19)34-8-9-38-29(34)37/h2-7,10-11,13-15H,8-9,12,32H2,1H3. The minimum Gasteiger partial charge on any atom is -0.454 e. The molecule has 2 aliphatic rings. The molecule has 1 saturated heterocycles. The molecule has 6 rings (SSSR count). The Labute approximate surface area is 221 Å². The van der Waals surface area contributed by atoms with Crippen molar-refractivity contribution >= 4 is 29.5 Å². The van der Waals surface area contributed by atoms with Gasteiger partial charge in [0, 0.05) is 12.0 Å². The normalized spacial score (nSPS) is 14.3. The number of aryl methyl sites for hydroxylation is 1. The van der Waals surface area contributed by atoms with E-state index < -0.39 is 17.7 Å². The minimum atomic E-state index is -0.599. The summed E-state index contributed by atoms with van der Waals surface area (Å²) in [6, 6.07) is 14.1. The van der Waals surface area contributed by atoms with Crippen molar-refractivity contribution in [1.82, 2.24) is 9.78 Å². The molecule has 0 atom stereocenters. The average molecular weight is 529 g/mol. The number of cyclic esters (lactones) is 1. The number of para-hydroxylation sites is 1. The number of nitrogens with two attached hydrogens (primary N) is 1. The molecular weight excluding hydrogens is 506 g/mol. The predicted octanol–water partition coefficient (Wildman–Crippen LogP) is 5.61. The SMILES string of the molecule is Cc1cc(Oc2ccccc2F)ccc1-n1ncc(C(=O)C2=Cc3cc(F)c(N4CCOC4=O)cc3C2)c1N. The highest BCUT2D eigenvalue weighted by molar-refractivity contribution is 6.15. The third kappa shape index (κ3) is 4.29. The van der Waals surface area contributed by atoms with Crippen LogP contribution < -0.4 is 15.4 Å². The third-order valence-corrected chi connectivity index (χ3v) is 6.77. The smallest absolute Gasteiger partial charge is 0.414 e. The van der Waals surface area contributed by atoms with Crippen LogP contribution in [0.2, 0.25) is 0 Å². The number of halogens is 2. The second-order valence-corrected chi connectivity index (χ2v) is 9.28. The highest BCUT2D eigenvalue weighted by atomic mass is 19.1. The molecule has 1 aliphatic heterocycles. The van der Waals surface area contributed by atoms with Gasteiger partial charge in [-0.25, -0.2) is 18.3 Å². The van der Waals surface area contributed by atoms with E-state index in [1.54, 1.807) is 42.5 Å². The van der Waals surface area contributed by atoms with Gasteiger partial charge in [0.25, 0.3) is 0 Å². The van der Waals surface area contributed by atoms with Crippen LogP contribution in [0, 0.1) is 18.6 Å². The Balaban J connectivity index is 1.23. The average Bonchev–Trinajstić information content (AvgIpc) is 3.63. The highest BCUT2D eigenvalue weighted by Crippen LogP contribution is 2.35. The van der Waals surface area contributed by atoms with Crippen LogP contribution in [0.5, 0.6) is 11.5 Å². The number of allylic oxidation sites excluding steroid dienone is 1. The number of carbonyl (C=O) groups is 2. The number of ether oxygens (including phenoxy) is 2. The van der Waals surface area contributed by atoms with Crippen molar-refractivity contribution in [3.63, 3.8) is 0 Å². The second kappa shape index (κ2) is 9.39. The van der Waals surface area contributed by atoms with E-state index in [1.165, 1.54) is 34.0 Å². The summed E-state index contributed by atoms with van der Waals surface area (Å²) in [4.78, 5) is 26.5. The Bertz CT molecular complexity index is 1690. The van der Waals surface area contributed by atoms with Crippen LogP contribution >= 0.6 is 0 Å². The Kier molecular flexibility index (Phi) is 5.86. The number of aromatic nitrogens is 2. The summed E-state index contributed by atoms with van der Waals surface area (Å²) in [5.41, 5.74) is 9.79. The summed E-state index contributed by atoms with van der Waals surface area (Å²) in [5.74, 6) is -0.674. The maximum absolute atomic E-state index is 14.8. The van der Waals surface area contributed by atoms with Crippen LogP contribution in [0.3, 0.4) is 0 Å². The van der Waals surface area contributed by atoms with Gasteiger partial charge in [-0.05, 0) is 72.2 Å². The van der Waals surface area contributed by atoms with Crippen molar-refractivity contribution in [3.05, 3.63) is 100 Å². The van der Waals surface area contributed by atoms with Gasteiger partial charge >= 0.3 is 6.09 Å². The summed E-state index contributed by atoms with van der Waals surface area (Å²) in [7, 11) is 0. The minimum absolute atomic E-state index is 0.106. The van der Waals surface area contributed by atoms with Crippen molar-refractivity contribution in [2.24, 2.45) is 0 Å². The fourth-order valence-electron chi connectivity index (χ4n) is 4.80. The van der Waals surface area contributed by atoms with Gasteiger partial charge < -0.3 is 15.2 Å². The van der Waals surface area contributed by atoms with Gasteiger partial charge in [0.1, 0.15) is 24.0 Å². The molecule has 196 valence electrons. The lowest BCUT2D eigenvalue weighted by Gasteiger charge is -2.15. The molecule has 1 fully saturated rings. The largest absolute Gasteiger partial charge is 0.454 e. The lowest BCUT2D eigenvalue weighted by molar-refractivity contribution is 0.103. The Morgan fingerprint density at radius 3 is 2.64 bits per heavy atom. The molecule has 0 radical (unpaired) electrons. The predicted molar refractivity (Wildman–Crippen MR) is 140 cm³/mol. The summed E-state index contributed by atoms with van der Waals surface area (Å²) in [5, 5.41) is 4.33. The van der Waals surface area contributed by atoms with E-state index in [2.05, 4.69) is 5.10 Å². The number of benzene rings is 3. The number of hydrogen-bond donors (Lipinski definition) is 1. The summed E-state index contributed by atoms with van der Waals surface area (Å²) < 4.78 is 40.7. The summed E-state index contributed by atoms with van der Waals surface area (Å²) in [6.07, 6.45) is 2.69. The van der Waals surface area contributed by atoms with E-state index in [4.69, 9.17) is 15.2 Å². The van der Waals surface area contributed by atoms with Crippen molar-refractivity contribution in [2.45, 2.75) is 13.3 Å². The molecule has 39 heavy (non-hydrogen) atoms. The Morgan fingerprint density at radius 1 is 1.08 bits per heavy atom. The molecule has 0 bridgehead atoms. The molecule has 0 unspecified atom stereocenters. The molecule has 2 N–H and O–H groups in total. The summed E-state index contributed by atoms with van der Waals surface area (Å²) >= 11 is 0. The fourth-order valence-corrected chi connectivity index (χ4v) is 4.80. The van der Waals surface area contributed by atoms with Gasteiger partial charge in [0.15, 0.2) is 17.3 Å². The summed E-state index contributed by atoms with van der Waals surface area (Å²) in [6.45, 7) is 2.28. The zero-order chi connectivity index (χ0) is 27.3. The number of anilines is 2. The van der Waals surface area contributed by atoms with Gasteiger partial charge in [-0.2, -0.15) is 5.10 Å². The maximum Gasteiger partial charge on any atom is 0.414 e. The topological polar surface area (TPSA) is 99.7 Å². The van der Waals surface area contributed by atoms with Crippen LogP contribution in [-0.2, 0) is 11.2 Å². The van der Waals surface area contributed by atoms with E-state index in [0.29, 0.717) is 22.6 Å². The molecule has 0 saturated carbocycles. The molecule has 1 aromatic heterocycles. The van der Waals surface area contributed by atoms with Crippen LogP contribution in [0.15, 0.2) is 66.4 Å². The molecular formula is C29H22F2N4O4. The van der Waals surface area contributed by atoms with E-state index >= 15 is 0 Å². The quantitative estimate of drug-likeness (QED) is 0.327. The van der Waals surface area contributed by atoms with Crippen molar-refractivity contribution in [2.75, 3.05) is 23.8 Å². The molecule has 8 nitrogen and oxygen atoms in total. The van der Waals surface area contributed by atoms with E-state index in [0.717, 1.165) is 11.1 Å². The number of fused-ring (bicyclic) bond motifs is 1. The molecule has 10 heteroatoms. The highest BCUT2D eigenvalue weighted by Gasteiger charge is 2.30. The number of rotatable bonds is 6. The van der Waals surface area contributed by atoms with Gasteiger partial charge in [-0.1, -0.05) is 12.1 Å². The molecule has 1 aliphatic carbocycles. The van der Waals surface area contributed by atoms with Crippen LogP contribution in [0.25, 0.3) is 11.8 Å². The first-order valence-electron chi connectivity index (χ1n) is 12.2. The van der Waals surface area contributed by atoms with Crippen molar-refractivity contribution in [1.29, 1.82) is 0 Å². The number of hydrogen-bond acceptors (Lipinski definition) is 6. The molecule has 0 spiro atoms. The molecule has 1 amide bonds. The monoisotopic (exact) mass is 528 g/mol. The number of Topliss-reactive ketones (excluding diaryl/α,β-unsaturated/α-hetero) is 1. The Hall–Kier alpha value is -4.99. The first kappa shape index (κ1) is 24.4.